The van der Waals surface area contributed by atoms with E-state index in [1.54, 1.807) is 16.9 Å². The van der Waals surface area contributed by atoms with Crippen molar-refractivity contribution in [2.45, 2.75) is 32.2 Å². The molecule has 4 heterocycles. The number of carbonyl (C=O) groups excluding carboxylic acids is 1. The largest absolute Gasteiger partial charge is 0.366 e. The molecule has 0 unspecified atom stereocenters. The lowest BCUT2D eigenvalue weighted by Crippen LogP contribution is -2.38. The number of aryl methyl sites for hydroxylation is 1. The van der Waals surface area contributed by atoms with Gasteiger partial charge in [0.1, 0.15) is 19.3 Å². The normalized spacial score (nSPS) is 14.5. The quantitative estimate of drug-likeness (QED) is 0.487. The number of amides is 1. The van der Waals surface area contributed by atoms with Crippen LogP contribution < -0.4 is 10.8 Å². The SMILES string of the molecule is [B]c1cnn2c(NCc3cccnc3)cc(C3CCN(C(=O)c4ccccc4C)CC3)nc12. The number of hydrogen-bond acceptors (Lipinski definition) is 5. The molecule has 0 atom stereocenters. The van der Waals surface area contributed by atoms with Crippen LogP contribution in [0.5, 0.6) is 0 Å². The summed E-state index contributed by atoms with van der Waals surface area (Å²) in [5.74, 6) is 1.20. The Morgan fingerprint density at radius 1 is 1.15 bits per heavy atom. The number of nitrogens with zero attached hydrogens (tertiary/aromatic N) is 5. The number of nitrogens with one attached hydrogen (secondary N) is 1. The fourth-order valence-electron chi connectivity index (χ4n) is 4.39. The molecular formula is C25H25BN6O. The summed E-state index contributed by atoms with van der Waals surface area (Å²) < 4.78 is 1.74. The van der Waals surface area contributed by atoms with Crippen molar-refractivity contribution in [3.63, 3.8) is 0 Å². The Morgan fingerprint density at radius 2 is 1.97 bits per heavy atom. The smallest absolute Gasteiger partial charge is 0.254 e. The maximum atomic E-state index is 13.0. The van der Waals surface area contributed by atoms with Gasteiger partial charge in [0.15, 0.2) is 0 Å². The predicted molar refractivity (Wildman–Crippen MR) is 129 cm³/mol. The molecule has 1 aliphatic rings. The van der Waals surface area contributed by atoms with Crippen molar-refractivity contribution in [1.29, 1.82) is 0 Å². The molecule has 1 N–H and O–H groups in total. The van der Waals surface area contributed by atoms with Gasteiger partial charge in [-0.3, -0.25) is 9.78 Å². The lowest BCUT2D eigenvalue weighted by Gasteiger charge is -2.32. The monoisotopic (exact) mass is 436 g/mol. The van der Waals surface area contributed by atoms with E-state index in [1.807, 2.05) is 54.4 Å². The van der Waals surface area contributed by atoms with Crippen molar-refractivity contribution >= 4 is 30.7 Å². The summed E-state index contributed by atoms with van der Waals surface area (Å²) in [6.45, 7) is 4.01. The van der Waals surface area contributed by atoms with E-state index in [2.05, 4.69) is 21.5 Å². The molecule has 4 aromatic rings. The van der Waals surface area contributed by atoms with Gasteiger partial charge in [0.2, 0.25) is 0 Å². The van der Waals surface area contributed by atoms with Gasteiger partial charge in [0.05, 0.1) is 0 Å². The number of likely N-dealkylation sites (tertiary alicyclic amines) is 1. The second-order valence-corrected chi connectivity index (χ2v) is 8.50. The number of carbonyl (C=O) groups is 1. The van der Waals surface area contributed by atoms with Gasteiger partial charge in [-0.2, -0.15) is 9.61 Å². The third-order valence-corrected chi connectivity index (χ3v) is 6.29. The number of anilines is 1. The van der Waals surface area contributed by atoms with Crippen molar-refractivity contribution in [3.05, 3.63) is 83.4 Å². The van der Waals surface area contributed by atoms with E-state index in [0.717, 1.165) is 41.0 Å². The third-order valence-electron chi connectivity index (χ3n) is 6.29. The van der Waals surface area contributed by atoms with E-state index in [0.29, 0.717) is 30.7 Å². The molecule has 1 saturated heterocycles. The molecule has 1 aliphatic heterocycles. The van der Waals surface area contributed by atoms with Crippen LogP contribution in [0.15, 0.2) is 61.1 Å². The Bertz CT molecular complexity index is 1280. The molecule has 2 radical (unpaired) electrons. The van der Waals surface area contributed by atoms with Crippen molar-refractivity contribution < 1.29 is 4.79 Å². The molecule has 1 amide bonds. The van der Waals surface area contributed by atoms with Crippen LogP contribution in [0.1, 0.15) is 45.9 Å². The minimum atomic E-state index is 0.105. The zero-order valence-electron chi connectivity index (χ0n) is 18.6. The van der Waals surface area contributed by atoms with Gasteiger partial charge in [0, 0.05) is 61.5 Å². The van der Waals surface area contributed by atoms with Crippen molar-refractivity contribution in [2.75, 3.05) is 18.4 Å². The van der Waals surface area contributed by atoms with Gasteiger partial charge in [0.25, 0.3) is 5.91 Å². The first-order valence-corrected chi connectivity index (χ1v) is 11.2. The summed E-state index contributed by atoms with van der Waals surface area (Å²) in [6, 6.07) is 13.8. The molecule has 3 aromatic heterocycles. The van der Waals surface area contributed by atoms with E-state index in [4.69, 9.17) is 12.8 Å². The van der Waals surface area contributed by atoms with Gasteiger partial charge in [-0.05, 0) is 48.5 Å². The van der Waals surface area contributed by atoms with Crippen LogP contribution in [-0.2, 0) is 6.54 Å². The first kappa shape index (κ1) is 21.2. The summed E-state index contributed by atoms with van der Waals surface area (Å²) in [5, 5.41) is 7.84. The molecule has 5 rings (SSSR count). The lowest BCUT2D eigenvalue weighted by atomic mass is 9.92. The Hall–Kier alpha value is -3.68. The number of fused-ring (bicyclic) bond motifs is 1. The Morgan fingerprint density at radius 3 is 2.73 bits per heavy atom. The fraction of sp³-hybridized carbons (Fsp3) is 0.280. The van der Waals surface area contributed by atoms with Crippen LogP contribution in [-0.4, -0.2) is 51.3 Å². The highest BCUT2D eigenvalue weighted by Gasteiger charge is 2.27. The average molecular weight is 436 g/mol. The number of piperidine rings is 1. The fourth-order valence-corrected chi connectivity index (χ4v) is 4.39. The van der Waals surface area contributed by atoms with Crippen molar-refractivity contribution in [1.82, 2.24) is 24.5 Å². The average Bonchev–Trinajstić information content (AvgIpc) is 3.24. The molecule has 1 fully saturated rings. The predicted octanol–water partition coefficient (Wildman–Crippen LogP) is 2.86. The molecular weight excluding hydrogens is 411 g/mol. The summed E-state index contributed by atoms with van der Waals surface area (Å²) in [7, 11) is 6.15. The van der Waals surface area contributed by atoms with Crippen LogP contribution in [0.2, 0.25) is 0 Å². The highest BCUT2D eigenvalue weighted by atomic mass is 16.2. The summed E-state index contributed by atoms with van der Waals surface area (Å²) in [6.07, 6.45) is 6.94. The second-order valence-electron chi connectivity index (χ2n) is 8.50. The molecule has 1 aromatic carbocycles. The molecule has 0 spiro atoms. The highest BCUT2D eigenvalue weighted by molar-refractivity contribution is 6.36. The number of benzene rings is 1. The second kappa shape index (κ2) is 9.06. The van der Waals surface area contributed by atoms with Crippen LogP contribution in [0.25, 0.3) is 5.65 Å². The van der Waals surface area contributed by atoms with E-state index in [9.17, 15) is 4.79 Å². The molecule has 164 valence electrons. The lowest BCUT2D eigenvalue weighted by molar-refractivity contribution is 0.0711. The highest BCUT2D eigenvalue weighted by Crippen LogP contribution is 2.29. The summed E-state index contributed by atoms with van der Waals surface area (Å²) in [4.78, 5) is 24.0. The minimum absolute atomic E-state index is 0.105. The first-order valence-electron chi connectivity index (χ1n) is 11.2. The van der Waals surface area contributed by atoms with E-state index in [1.165, 1.54) is 0 Å². The van der Waals surface area contributed by atoms with Crippen LogP contribution in [0.3, 0.4) is 0 Å². The van der Waals surface area contributed by atoms with Crippen LogP contribution >= 0.6 is 0 Å². The van der Waals surface area contributed by atoms with Gasteiger partial charge in [-0.15, -0.1) is 0 Å². The number of pyridine rings is 1. The number of aromatic nitrogens is 4. The molecule has 0 saturated carbocycles. The van der Waals surface area contributed by atoms with E-state index in [-0.39, 0.29) is 11.8 Å². The summed E-state index contributed by atoms with van der Waals surface area (Å²) in [5.41, 5.74) is 5.05. The molecule has 7 nitrogen and oxygen atoms in total. The van der Waals surface area contributed by atoms with Crippen LogP contribution in [0, 0.1) is 6.92 Å². The van der Waals surface area contributed by atoms with Gasteiger partial charge in [-0.1, -0.05) is 24.3 Å². The molecule has 8 heteroatoms. The van der Waals surface area contributed by atoms with Crippen molar-refractivity contribution in [3.8, 4) is 0 Å². The molecule has 33 heavy (non-hydrogen) atoms. The molecule has 0 aliphatic carbocycles. The maximum Gasteiger partial charge on any atom is 0.254 e. The standard InChI is InChI=1S/C25H25BN6O/c1-17-5-2-3-7-20(17)25(33)31-11-8-19(9-12-31)22-13-23(28-15-18-6-4-10-27-14-18)32-24(30-22)21(26)16-29-32/h2-7,10,13-14,16,19,28H,8-9,11-12,15H2,1H3. The van der Waals surface area contributed by atoms with E-state index >= 15 is 0 Å². The zero-order chi connectivity index (χ0) is 22.8. The maximum absolute atomic E-state index is 13.0. The Kier molecular flexibility index (Phi) is 5.81. The number of rotatable bonds is 5. The Labute approximate surface area is 194 Å². The summed E-state index contributed by atoms with van der Waals surface area (Å²) >= 11 is 0. The molecule has 0 bridgehead atoms. The minimum Gasteiger partial charge on any atom is -0.366 e. The van der Waals surface area contributed by atoms with Crippen molar-refractivity contribution in [2.24, 2.45) is 0 Å². The van der Waals surface area contributed by atoms with Gasteiger partial charge < -0.3 is 10.2 Å². The topological polar surface area (TPSA) is 75.4 Å². The zero-order valence-corrected chi connectivity index (χ0v) is 18.6. The van der Waals surface area contributed by atoms with E-state index < -0.39 is 0 Å². The Balaban J connectivity index is 1.34. The van der Waals surface area contributed by atoms with Gasteiger partial charge >= 0.3 is 0 Å². The third kappa shape index (κ3) is 4.33. The first-order chi connectivity index (χ1) is 16.1. The van der Waals surface area contributed by atoms with Crippen LogP contribution in [0.4, 0.5) is 5.82 Å². The number of hydrogen-bond donors (Lipinski definition) is 1. The van der Waals surface area contributed by atoms with Gasteiger partial charge in [-0.25, -0.2) is 4.98 Å².